The maximum absolute atomic E-state index is 5.92. The lowest BCUT2D eigenvalue weighted by molar-refractivity contribution is 0.101. The van der Waals surface area contributed by atoms with Crippen molar-refractivity contribution in [1.29, 1.82) is 0 Å². The van der Waals surface area contributed by atoms with E-state index in [9.17, 15) is 0 Å². The Morgan fingerprint density at radius 1 is 1.57 bits per heavy atom. The summed E-state index contributed by atoms with van der Waals surface area (Å²) >= 11 is 0. The van der Waals surface area contributed by atoms with E-state index in [-0.39, 0.29) is 6.04 Å². The first-order valence-electron chi connectivity index (χ1n) is 5.17. The topological polar surface area (TPSA) is 47.7 Å². The van der Waals surface area contributed by atoms with Gasteiger partial charge in [-0.15, -0.1) is 0 Å². The number of hydrogen-bond acceptors (Lipinski definition) is 4. The smallest absolute Gasteiger partial charge is 0.0621 e. The van der Waals surface area contributed by atoms with Crippen LogP contribution in [0.15, 0.2) is 0 Å². The van der Waals surface area contributed by atoms with E-state index in [0.717, 1.165) is 19.8 Å². The number of likely N-dealkylation sites (N-methyl/N-ethyl adjacent to an activating group) is 1. The first-order chi connectivity index (χ1) is 6.65. The highest BCUT2D eigenvalue weighted by atomic mass is 16.5. The molecular formula is C10H22N2O2. The molecular weight excluding hydrogens is 180 g/mol. The van der Waals surface area contributed by atoms with Gasteiger partial charge in [-0.25, -0.2) is 0 Å². The van der Waals surface area contributed by atoms with Crippen LogP contribution in [0, 0.1) is 5.92 Å². The van der Waals surface area contributed by atoms with Gasteiger partial charge >= 0.3 is 0 Å². The Morgan fingerprint density at radius 3 is 2.79 bits per heavy atom. The molecule has 1 rings (SSSR count). The molecule has 1 aliphatic heterocycles. The normalized spacial score (nSPS) is 29.8. The lowest BCUT2D eigenvalue weighted by atomic mass is 10.0. The van der Waals surface area contributed by atoms with Crippen molar-refractivity contribution in [2.24, 2.45) is 11.7 Å². The number of hydrogen-bond donors (Lipinski definition) is 1. The monoisotopic (exact) mass is 202 g/mol. The second-order valence-electron chi connectivity index (χ2n) is 4.21. The molecule has 4 nitrogen and oxygen atoms in total. The Kier molecular flexibility index (Phi) is 4.81. The van der Waals surface area contributed by atoms with Crippen LogP contribution in [0.4, 0.5) is 0 Å². The van der Waals surface area contributed by atoms with Gasteiger partial charge in [0.25, 0.3) is 0 Å². The van der Waals surface area contributed by atoms with Crippen LogP contribution in [-0.2, 0) is 9.47 Å². The molecule has 1 heterocycles. The van der Waals surface area contributed by atoms with Gasteiger partial charge in [-0.3, -0.25) is 0 Å². The summed E-state index contributed by atoms with van der Waals surface area (Å²) in [5.74, 6) is 0.472. The van der Waals surface area contributed by atoms with E-state index in [1.54, 1.807) is 7.11 Å². The molecule has 0 aliphatic carbocycles. The van der Waals surface area contributed by atoms with Crippen LogP contribution in [0.25, 0.3) is 0 Å². The maximum atomic E-state index is 5.92. The standard InChI is InChI=1S/C10H22N2O2/c1-8(5-13-3)12(2)4-9-6-14-7-10(9)11/h8-10H,4-7,11H2,1-3H3. The van der Waals surface area contributed by atoms with Gasteiger partial charge < -0.3 is 20.1 Å². The fourth-order valence-corrected chi connectivity index (χ4v) is 1.72. The van der Waals surface area contributed by atoms with Crippen molar-refractivity contribution < 1.29 is 9.47 Å². The molecule has 1 saturated heterocycles. The summed E-state index contributed by atoms with van der Waals surface area (Å²) < 4.78 is 10.4. The second kappa shape index (κ2) is 5.66. The third kappa shape index (κ3) is 3.20. The van der Waals surface area contributed by atoms with Crippen molar-refractivity contribution in [3.63, 3.8) is 0 Å². The third-order valence-electron chi connectivity index (χ3n) is 2.93. The molecule has 3 atom stereocenters. The van der Waals surface area contributed by atoms with Crippen molar-refractivity contribution in [3.8, 4) is 0 Å². The molecule has 0 bridgehead atoms. The number of rotatable bonds is 5. The lowest BCUT2D eigenvalue weighted by Gasteiger charge is -2.27. The SMILES string of the molecule is COCC(C)N(C)CC1COCC1N. The molecule has 1 aliphatic rings. The molecule has 0 amide bonds. The molecule has 0 aromatic rings. The number of nitrogens with two attached hydrogens (primary N) is 1. The predicted molar refractivity (Wildman–Crippen MR) is 56.3 cm³/mol. The van der Waals surface area contributed by atoms with Gasteiger partial charge in [0.15, 0.2) is 0 Å². The van der Waals surface area contributed by atoms with Crippen LogP contribution in [0.1, 0.15) is 6.92 Å². The van der Waals surface area contributed by atoms with E-state index in [2.05, 4.69) is 18.9 Å². The fraction of sp³-hybridized carbons (Fsp3) is 1.00. The second-order valence-corrected chi connectivity index (χ2v) is 4.21. The van der Waals surface area contributed by atoms with Crippen LogP contribution >= 0.6 is 0 Å². The zero-order valence-corrected chi connectivity index (χ0v) is 9.40. The minimum atomic E-state index is 0.201. The molecule has 0 aromatic heterocycles. The lowest BCUT2D eigenvalue weighted by Crippen LogP contribution is -2.41. The molecule has 2 N–H and O–H groups in total. The molecule has 0 saturated carbocycles. The van der Waals surface area contributed by atoms with E-state index in [0.29, 0.717) is 18.6 Å². The van der Waals surface area contributed by atoms with E-state index in [1.165, 1.54) is 0 Å². The fourth-order valence-electron chi connectivity index (χ4n) is 1.72. The number of nitrogens with zero attached hydrogens (tertiary/aromatic N) is 1. The highest BCUT2D eigenvalue weighted by Gasteiger charge is 2.26. The highest BCUT2D eigenvalue weighted by molar-refractivity contribution is 4.81. The predicted octanol–water partition coefficient (Wildman–Crippen LogP) is -0.0732. The first-order valence-corrected chi connectivity index (χ1v) is 5.17. The van der Waals surface area contributed by atoms with Crippen molar-refractivity contribution in [2.45, 2.75) is 19.0 Å². The molecule has 0 aromatic carbocycles. The van der Waals surface area contributed by atoms with Crippen LogP contribution in [-0.4, -0.2) is 57.5 Å². The quantitative estimate of drug-likeness (QED) is 0.678. The summed E-state index contributed by atoms with van der Waals surface area (Å²) in [6, 6.07) is 0.639. The highest BCUT2D eigenvalue weighted by Crippen LogP contribution is 2.13. The molecule has 4 heteroatoms. The summed E-state index contributed by atoms with van der Waals surface area (Å²) in [5, 5.41) is 0. The van der Waals surface area contributed by atoms with Gasteiger partial charge in [0.1, 0.15) is 0 Å². The molecule has 0 radical (unpaired) electrons. The Bertz CT molecular complexity index is 166. The summed E-state index contributed by atoms with van der Waals surface area (Å²) in [7, 11) is 3.84. The summed E-state index contributed by atoms with van der Waals surface area (Å²) in [4.78, 5) is 2.28. The van der Waals surface area contributed by atoms with E-state index < -0.39 is 0 Å². The van der Waals surface area contributed by atoms with Crippen LogP contribution in [0.5, 0.6) is 0 Å². The minimum Gasteiger partial charge on any atom is -0.383 e. The van der Waals surface area contributed by atoms with E-state index in [1.807, 2.05) is 0 Å². The van der Waals surface area contributed by atoms with Gasteiger partial charge in [-0.2, -0.15) is 0 Å². The summed E-state index contributed by atoms with van der Waals surface area (Å²) in [6.07, 6.45) is 0. The zero-order chi connectivity index (χ0) is 10.6. The molecule has 14 heavy (non-hydrogen) atoms. The molecule has 84 valence electrons. The average molecular weight is 202 g/mol. The average Bonchev–Trinajstić information content (AvgIpc) is 2.52. The molecule has 1 fully saturated rings. The van der Waals surface area contributed by atoms with Gasteiger partial charge in [0.05, 0.1) is 19.8 Å². The van der Waals surface area contributed by atoms with Crippen molar-refractivity contribution in [2.75, 3.05) is 40.5 Å². The Balaban J connectivity index is 2.28. The van der Waals surface area contributed by atoms with Crippen molar-refractivity contribution >= 4 is 0 Å². The van der Waals surface area contributed by atoms with E-state index >= 15 is 0 Å². The van der Waals surface area contributed by atoms with Crippen LogP contribution in [0.3, 0.4) is 0 Å². The van der Waals surface area contributed by atoms with Gasteiger partial charge in [-0.05, 0) is 14.0 Å². The third-order valence-corrected chi connectivity index (χ3v) is 2.93. The number of methoxy groups -OCH3 is 1. The van der Waals surface area contributed by atoms with Gasteiger partial charge in [-0.1, -0.05) is 0 Å². The summed E-state index contributed by atoms with van der Waals surface area (Å²) in [6.45, 7) is 5.41. The molecule has 3 unspecified atom stereocenters. The Labute approximate surface area is 86.3 Å². The van der Waals surface area contributed by atoms with Crippen LogP contribution < -0.4 is 5.73 Å². The number of ether oxygens (including phenoxy) is 2. The maximum Gasteiger partial charge on any atom is 0.0621 e. The Hall–Kier alpha value is -0.160. The van der Waals surface area contributed by atoms with Gasteiger partial charge in [0.2, 0.25) is 0 Å². The van der Waals surface area contributed by atoms with Crippen molar-refractivity contribution in [3.05, 3.63) is 0 Å². The zero-order valence-electron chi connectivity index (χ0n) is 9.40. The minimum absolute atomic E-state index is 0.201. The Morgan fingerprint density at radius 2 is 2.29 bits per heavy atom. The van der Waals surface area contributed by atoms with Crippen LogP contribution in [0.2, 0.25) is 0 Å². The largest absolute Gasteiger partial charge is 0.383 e. The summed E-state index contributed by atoms with van der Waals surface area (Å²) in [5.41, 5.74) is 5.92. The molecule has 0 spiro atoms. The van der Waals surface area contributed by atoms with E-state index in [4.69, 9.17) is 15.2 Å². The van der Waals surface area contributed by atoms with Gasteiger partial charge in [0, 0.05) is 31.7 Å². The first kappa shape index (κ1) is 11.9. The van der Waals surface area contributed by atoms with Crippen molar-refractivity contribution in [1.82, 2.24) is 4.90 Å².